The van der Waals surface area contributed by atoms with Gasteiger partial charge in [0.15, 0.2) is 0 Å². The Labute approximate surface area is 114 Å². The quantitative estimate of drug-likeness (QED) is 0.916. The number of nitrogens with two attached hydrogens (primary N) is 1. The van der Waals surface area contributed by atoms with Gasteiger partial charge in [-0.05, 0) is 40.6 Å². The number of hydrogen-bond donors (Lipinski definition) is 1. The average molecular weight is 312 g/mol. The molecule has 0 fully saturated rings. The summed E-state index contributed by atoms with van der Waals surface area (Å²) in [4.78, 5) is 0. The molecule has 17 heavy (non-hydrogen) atoms. The average Bonchev–Trinajstić information content (AvgIpc) is 2.84. The van der Waals surface area contributed by atoms with Crippen molar-refractivity contribution in [2.24, 2.45) is 5.73 Å². The smallest absolute Gasteiger partial charge is 0.123 e. The predicted octanol–water partition coefficient (Wildman–Crippen LogP) is 3.59. The van der Waals surface area contributed by atoms with Crippen molar-refractivity contribution in [2.45, 2.75) is 13.0 Å². The number of hydrogen-bond acceptors (Lipinski definition) is 3. The molecule has 1 aromatic heterocycles. The van der Waals surface area contributed by atoms with E-state index in [9.17, 15) is 0 Å². The van der Waals surface area contributed by atoms with Crippen LogP contribution in [-0.4, -0.2) is 6.61 Å². The van der Waals surface area contributed by atoms with Gasteiger partial charge < -0.3 is 10.5 Å². The van der Waals surface area contributed by atoms with Gasteiger partial charge in [0.2, 0.25) is 0 Å². The molecule has 4 heteroatoms. The molecule has 1 heterocycles. The molecule has 1 aromatic carbocycles. The van der Waals surface area contributed by atoms with Crippen molar-refractivity contribution in [3.05, 3.63) is 50.6 Å². The van der Waals surface area contributed by atoms with Gasteiger partial charge in [0, 0.05) is 23.0 Å². The zero-order chi connectivity index (χ0) is 12.1. The topological polar surface area (TPSA) is 35.2 Å². The fraction of sp³-hybridized carbons (Fsp3) is 0.231. The molecule has 2 aromatic rings. The van der Waals surface area contributed by atoms with E-state index >= 15 is 0 Å². The monoisotopic (exact) mass is 311 g/mol. The number of benzene rings is 1. The molecule has 90 valence electrons. The Balaban J connectivity index is 1.94. The van der Waals surface area contributed by atoms with Crippen LogP contribution in [0.2, 0.25) is 0 Å². The minimum atomic E-state index is 0.493. The Kier molecular flexibility index (Phi) is 4.59. The standard InChI is InChI=1S/C13H14BrNOS/c14-12-1-2-13(11(7-12)8-15)16-5-3-10-4-6-17-9-10/h1-2,4,6-7,9H,3,5,8,15H2. The summed E-state index contributed by atoms with van der Waals surface area (Å²) in [5, 5.41) is 4.23. The van der Waals surface area contributed by atoms with Crippen LogP contribution in [0.25, 0.3) is 0 Å². The minimum Gasteiger partial charge on any atom is -0.493 e. The molecule has 0 aliphatic rings. The normalized spacial score (nSPS) is 10.5. The van der Waals surface area contributed by atoms with Gasteiger partial charge in [0.1, 0.15) is 5.75 Å². The van der Waals surface area contributed by atoms with Crippen molar-refractivity contribution < 1.29 is 4.74 Å². The molecule has 0 saturated heterocycles. The van der Waals surface area contributed by atoms with Gasteiger partial charge in [0.25, 0.3) is 0 Å². The molecule has 2 N–H and O–H groups in total. The molecular weight excluding hydrogens is 298 g/mol. The lowest BCUT2D eigenvalue weighted by Crippen LogP contribution is -2.05. The van der Waals surface area contributed by atoms with E-state index in [1.165, 1.54) is 5.56 Å². The van der Waals surface area contributed by atoms with E-state index in [2.05, 4.69) is 32.8 Å². The first-order valence-electron chi connectivity index (χ1n) is 5.42. The SMILES string of the molecule is NCc1cc(Br)ccc1OCCc1ccsc1. The van der Waals surface area contributed by atoms with Crippen LogP contribution in [0.1, 0.15) is 11.1 Å². The Morgan fingerprint density at radius 1 is 1.29 bits per heavy atom. The second-order valence-electron chi connectivity index (χ2n) is 3.69. The summed E-state index contributed by atoms with van der Waals surface area (Å²) in [6.07, 6.45) is 0.934. The first kappa shape index (κ1) is 12.6. The zero-order valence-electron chi connectivity index (χ0n) is 9.36. The van der Waals surface area contributed by atoms with Crippen LogP contribution < -0.4 is 10.5 Å². The van der Waals surface area contributed by atoms with E-state index in [4.69, 9.17) is 10.5 Å². The Bertz CT molecular complexity index is 470. The zero-order valence-corrected chi connectivity index (χ0v) is 11.8. The van der Waals surface area contributed by atoms with Crippen LogP contribution in [0.3, 0.4) is 0 Å². The lowest BCUT2D eigenvalue weighted by Gasteiger charge is -2.10. The van der Waals surface area contributed by atoms with Crippen LogP contribution in [-0.2, 0) is 13.0 Å². The van der Waals surface area contributed by atoms with Gasteiger partial charge in [-0.25, -0.2) is 0 Å². The molecule has 2 rings (SSSR count). The summed E-state index contributed by atoms with van der Waals surface area (Å²) in [6.45, 7) is 1.18. The lowest BCUT2D eigenvalue weighted by molar-refractivity contribution is 0.319. The molecule has 0 aliphatic carbocycles. The van der Waals surface area contributed by atoms with Crippen LogP contribution in [0, 0.1) is 0 Å². The van der Waals surface area contributed by atoms with Gasteiger partial charge >= 0.3 is 0 Å². The van der Waals surface area contributed by atoms with Crippen molar-refractivity contribution >= 4 is 27.3 Å². The number of halogens is 1. The highest BCUT2D eigenvalue weighted by Crippen LogP contribution is 2.23. The molecular formula is C13H14BrNOS. The van der Waals surface area contributed by atoms with E-state index in [0.29, 0.717) is 13.2 Å². The summed E-state index contributed by atoms with van der Waals surface area (Å²) in [7, 11) is 0. The van der Waals surface area contributed by atoms with Crippen LogP contribution in [0.15, 0.2) is 39.5 Å². The molecule has 2 nitrogen and oxygen atoms in total. The van der Waals surface area contributed by atoms with E-state index in [0.717, 1.165) is 22.2 Å². The van der Waals surface area contributed by atoms with Crippen molar-refractivity contribution in [1.29, 1.82) is 0 Å². The minimum absolute atomic E-state index is 0.493. The predicted molar refractivity (Wildman–Crippen MR) is 75.6 cm³/mol. The largest absolute Gasteiger partial charge is 0.493 e. The Hall–Kier alpha value is -0.840. The molecule has 0 spiro atoms. The summed E-state index contributed by atoms with van der Waals surface area (Å²) in [6, 6.07) is 8.05. The van der Waals surface area contributed by atoms with Gasteiger partial charge in [-0.2, -0.15) is 11.3 Å². The fourth-order valence-corrected chi connectivity index (χ4v) is 2.67. The molecule has 0 aliphatic heterocycles. The van der Waals surface area contributed by atoms with Crippen molar-refractivity contribution in [3.8, 4) is 5.75 Å². The highest BCUT2D eigenvalue weighted by Gasteiger charge is 2.03. The second-order valence-corrected chi connectivity index (χ2v) is 5.38. The first-order valence-corrected chi connectivity index (χ1v) is 7.15. The third-order valence-corrected chi connectivity index (χ3v) is 3.70. The fourth-order valence-electron chi connectivity index (χ4n) is 1.56. The summed E-state index contributed by atoms with van der Waals surface area (Å²) in [5.41, 5.74) is 8.04. The van der Waals surface area contributed by atoms with Gasteiger partial charge in [0.05, 0.1) is 6.61 Å². The summed E-state index contributed by atoms with van der Waals surface area (Å²) >= 11 is 5.14. The molecule has 0 saturated carbocycles. The Morgan fingerprint density at radius 2 is 2.18 bits per heavy atom. The lowest BCUT2D eigenvalue weighted by atomic mass is 10.2. The highest BCUT2D eigenvalue weighted by atomic mass is 79.9. The third-order valence-electron chi connectivity index (χ3n) is 2.47. The van der Waals surface area contributed by atoms with Crippen molar-refractivity contribution in [1.82, 2.24) is 0 Å². The summed E-state index contributed by atoms with van der Waals surface area (Å²) in [5.74, 6) is 0.880. The van der Waals surface area contributed by atoms with Gasteiger partial charge in [-0.15, -0.1) is 0 Å². The number of rotatable bonds is 5. The van der Waals surface area contributed by atoms with Crippen LogP contribution in [0.5, 0.6) is 5.75 Å². The third kappa shape index (κ3) is 3.56. The maximum atomic E-state index is 5.76. The van der Waals surface area contributed by atoms with E-state index < -0.39 is 0 Å². The van der Waals surface area contributed by atoms with Gasteiger partial charge in [-0.3, -0.25) is 0 Å². The Morgan fingerprint density at radius 3 is 2.88 bits per heavy atom. The highest BCUT2D eigenvalue weighted by molar-refractivity contribution is 9.10. The van der Waals surface area contributed by atoms with E-state index in [-0.39, 0.29) is 0 Å². The molecule has 0 unspecified atom stereocenters. The van der Waals surface area contributed by atoms with Crippen LogP contribution >= 0.6 is 27.3 Å². The molecule has 0 amide bonds. The second kappa shape index (κ2) is 6.19. The van der Waals surface area contributed by atoms with Crippen LogP contribution in [0.4, 0.5) is 0 Å². The summed E-state index contributed by atoms with van der Waals surface area (Å²) < 4.78 is 6.79. The number of ether oxygens (including phenoxy) is 1. The first-order chi connectivity index (χ1) is 8.29. The van der Waals surface area contributed by atoms with E-state index in [1.807, 2.05) is 18.2 Å². The van der Waals surface area contributed by atoms with Gasteiger partial charge in [-0.1, -0.05) is 15.9 Å². The molecule has 0 atom stereocenters. The van der Waals surface area contributed by atoms with E-state index in [1.54, 1.807) is 11.3 Å². The van der Waals surface area contributed by atoms with Crippen molar-refractivity contribution in [2.75, 3.05) is 6.61 Å². The maximum Gasteiger partial charge on any atom is 0.123 e. The number of thiophene rings is 1. The maximum absolute atomic E-state index is 5.76. The molecule has 0 radical (unpaired) electrons. The van der Waals surface area contributed by atoms with Crippen molar-refractivity contribution in [3.63, 3.8) is 0 Å². The molecule has 0 bridgehead atoms.